The minimum atomic E-state index is -0.573. The van der Waals surface area contributed by atoms with Gasteiger partial charge in [0.15, 0.2) is 0 Å². The van der Waals surface area contributed by atoms with E-state index in [2.05, 4.69) is 35.0 Å². The van der Waals surface area contributed by atoms with Gasteiger partial charge in [-0.25, -0.2) is 0 Å². The van der Waals surface area contributed by atoms with E-state index in [1.165, 1.54) is 5.56 Å². The number of hydrogen-bond donors (Lipinski definition) is 1. The van der Waals surface area contributed by atoms with Crippen molar-refractivity contribution in [2.75, 3.05) is 0 Å². The van der Waals surface area contributed by atoms with Gasteiger partial charge >= 0.3 is 0 Å². The fourth-order valence-electron chi connectivity index (χ4n) is 1.81. The van der Waals surface area contributed by atoms with Crippen LogP contribution in [0.25, 0.3) is 0 Å². The summed E-state index contributed by atoms with van der Waals surface area (Å²) in [4.78, 5) is 0. The Labute approximate surface area is 110 Å². The summed E-state index contributed by atoms with van der Waals surface area (Å²) >= 11 is 3.46. The highest BCUT2D eigenvalue weighted by Crippen LogP contribution is 2.28. The first kappa shape index (κ1) is 12.3. The van der Waals surface area contributed by atoms with Crippen LogP contribution in [0.4, 0.5) is 0 Å². The van der Waals surface area contributed by atoms with E-state index >= 15 is 0 Å². The molecule has 0 aliphatic heterocycles. The van der Waals surface area contributed by atoms with Crippen LogP contribution in [-0.4, -0.2) is 5.11 Å². The predicted molar refractivity (Wildman–Crippen MR) is 74.0 cm³/mol. The molecule has 2 aromatic carbocycles. The second-order valence-electron chi connectivity index (χ2n) is 4.02. The van der Waals surface area contributed by atoms with Gasteiger partial charge in [-0.1, -0.05) is 65.3 Å². The van der Waals surface area contributed by atoms with Gasteiger partial charge in [0.2, 0.25) is 0 Å². The van der Waals surface area contributed by atoms with E-state index in [1.54, 1.807) is 0 Å². The van der Waals surface area contributed by atoms with Crippen molar-refractivity contribution >= 4 is 15.9 Å². The number of rotatable bonds is 3. The second-order valence-corrected chi connectivity index (χ2v) is 4.87. The number of benzene rings is 2. The van der Waals surface area contributed by atoms with Crippen molar-refractivity contribution < 1.29 is 5.11 Å². The summed E-state index contributed by atoms with van der Waals surface area (Å²) < 4.78 is 0.937. The largest absolute Gasteiger partial charge is 0.384 e. The molecule has 1 nitrogen and oxygen atoms in total. The Morgan fingerprint density at radius 2 is 1.71 bits per heavy atom. The van der Waals surface area contributed by atoms with Crippen LogP contribution >= 0.6 is 15.9 Å². The quantitative estimate of drug-likeness (QED) is 0.903. The maximum absolute atomic E-state index is 10.3. The Bertz CT molecular complexity index is 491. The monoisotopic (exact) mass is 290 g/mol. The fraction of sp³-hybridized carbons (Fsp3) is 0.200. The van der Waals surface area contributed by atoms with Gasteiger partial charge in [-0.15, -0.1) is 0 Å². The van der Waals surface area contributed by atoms with Crippen LogP contribution in [0.1, 0.15) is 29.7 Å². The van der Waals surface area contributed by atoms with Gasteiger partial charge in [0.05, 0.1) is 0 Å². The Morgan fingerprint density at radius 3 is 2.29 bits per heavy atom. The third kappa shape index (κ3) is 2.76. The fourth-order valence-corrected chi connectivity index (χ4v) is 2.31. The molecule has 0 bridgehead atoms. The predicted octanol–water partition coefficient (Wildman–Crippen LogP) is 4.09. The van der Waals surface area contributed by atoms with E-state index in [4.69, 9.17) is 0 Å². The molecule has 0 saturated heterocycles. The maximum atomic E-state index is 10.3. The van der Waals surface area contributed by atoms with Gasteiger partial charge in [-0.3, -0.25) is 0 Å². The zero-order valence-corrected chi connectivity index (χ0v) is 11.3. The molecule has 2 rings (SSSR count). The van der Waals surface area contributed by atoms with Crippen LogP contribution in [0.5, 0.6) is 0 Å². The van der Waals surface area contributed by atoms with Crippen LogP contribution in [0.15, 0.2) is 53.0 Å². The molecule has 0 saturated carbocycles. The second kappa shape index (κ2) is 5.48. The lowest BCUT2D eigenvalue weighted by molar-refractivity contribution is 0.219. The van der Waals surface area contributed by atoms with Crippen LogP contribution < -0.4 is 0 Å². The Balaban J connectivity index is 2.30. The summed E-state index contributed by atoms with van der Waals surface area (Å²) in [6.07, 6.45) is 0.447. The molecule has 1 atom stereocenters. The van der Waals surface area contributed by atoms with Crippen molar-refractivity contribution in [3.8, 4) is 0 Å². The van der Waals surface area contributed by atoms with Crippen LogP contribution in [0, 0.1) is 0 Å². The van der Waals surface area contributed by atoms with Gasteiger partial charge in [0.25, 0.3) is 0 Å². The molecule has 0 aliphatic carbocycles. The zero-order valence-electron chi connectivity index (χ0n) is 9.73. The number of aliphatic hydroxyl groups is 1. The van der Waals surface area contributed by atoms with E-state index in [9.17, 15) is 5.11 Å². The van der Waals surface area contributed by atoms with Crippen molar-refractivity contribution in [2.45, 2.75) is 19.4 Å². The number of hydrogen-bond acceptors (Lipinski definition) is 1. The molecular formula is C15H15BrO. The van der Waals surface area contributed by atoms with Crippen molar-refractivity contribution in [3.05, 3.63) is 69.7 Å². The summed E-state index contributed by atoms with van der Waals surface area (Å²) in [6, 6.07) is 15.9. The highest BCUT2D eigenvalue weighted by atomic mass is 79.9. The van der Waals surface area contributed by atoms with E-state index in [1.807, 2.05) is 36.4 Å². The number of aliphatic hydroxyl groups excluding tert-OH is 1. The highest BCUT2D eigenvalue weighted by molar-refractivity contribution is 9.10. The summed E-state index contributed by atoms with van der Waals surface area (Å²) in [7, 11) is 0. The smallest absolute Gasteiger partial charge is 0.105 e. The lowest BCUT2D eigenvalue weighted by Crippen LogP contribution is -2.00. The first-order chi connectivity index (χ1) is 8.22. The Kier molecular flexibility index (Phi) is 3.97. The minimum absolute atomic E-state index is 0.573. The van der Waals surface area contributed by atoms with Crippen LogP contribution in [-0.2, 0) is 6.42 Å². The van der Waals surface area contributed by atoms with Crippen LogP contribution in [0.3, 0.4) is 0 Å². The minimum Gasteiger partial charge on any atom is -0.384 e. The van der Waals surface area contributed by atoms with Gasteiger partial charge in [0.1, 0.15) is 6.10 Å². The molecule has 0 aromatic heterocycles. The highest BCUT2D eigenvalue weighted by Gasteiger charge is 2.12. The van der Waals surface area contributed by atoms with Gasteiger partial charge in [0, 0.05) is 4.47 Å². The van der Waals surface area contributed by atoms with E-state index < -0.39 is 6.10 Å². The topological polar surface area (TPSA) is 20.2 Å². The standard InChI is InChI=1S/C15H15BrO/c1-2-11-7-9-12(10-8-11)15(17)13-5-3-4-6-14(13)16/h3-10,15,17H,2H2,1H3/t15-/m1/s1. The Morgan fingerprint density at radius 1 is 1.06 bits per heavy atom. The van der Waals surface area contributed by atoms with Crippen molar-refractivity contribution in [1.29, 1.82) is 0 Å². The molecule has 1 N–H and O–H groups in total. The van der Waals surface area contributed by atoms with Gasteiger partial charge in [-0.05, 0) is 29.2 Å². The lowest BCUT2D eigenvalue weighted by Gasteiger charge is -2.13. The maximum Gasteiger partial charge on any atom is 0.105 e. The number of aryl methyl sites for hydroxylation is 1. The third-order valence-electron chi connectivity index (χ3n) is 2.90. The SMILES string of the molecule is CCc1ccc([C@@H](O)c2ccccc2Br)cc1. The van der Waals surface area contributed by atoms with Crippen LogP contribution in [0.2, 0.25) is 0 Å². The first-order valence-electron chi connectivity index (χ1n) is 5.73. The van der Waals surface area contributed by atoms with Crippen molar-refractivity contribution in [3.63, 3.8) is 0 Å². The first-order valence-corrected chi connectivity index (χ1v) is 6.53. The average Bonchev–Trinajstić information content (AvgIpc) is 2.39. The molecular weight excluding hydrogens is 276 g/mol. The van der Waals surface area contributed by atoms with Gasteiger partial charge in [-0.2, -0.15) is 0 Å². The third-order valence-corrected chi connectivity index (χ3v) is 3.63. The normalized spacial score (nSPS) is 12.4. The van der Waals surface area contributed by atoms with Crippen molar-refractivity contribution in [2.24, 2.45) is 0 Å². The number of halogens is 1. The summed E-state index contributed by atoms with van der Waals surface area (Å²) in [5.41, 5.74) is 3.11. The summed E-state index contributed by atoms with van der Waals surface area (Å²) in [5, 5.41) is 10.3. The van der Waals surface area contributed by atoms with E-state index in [0.717, 1.165) is 22.0 Å². The molecule has 0 unspecified atom stereocenters. The lowest BCUT2D eigenvalue weighted by atomic mass is 10.00. The molecule has 0 spiro atoms. The molecule has 17 heavy (non-hydrogen) atoms. The summed E-state index contributed by atoms with van der Waals surface area (Å²) in [5.74, 6) is 0. The van der Waals surface area contributed by atoms with E-state index in [0.29, 0.717) is 0 Å². The molecule has 0 aliphatic rings. The molecule has 0 amide bonds. The van der Waals surface area contributed by atoms with Gasteiger partial charge < -0.3 is 5.11 Å². The zero-order chi connectivity index (χ0) is 12.3. The van der Waals surface area contributed by atoms with Crippen molar-refractivity contribution in [1.82, 2.24) is 0 Å². The molecule has 0 radical (unpaired) electrons. The Hall–Kier alpha value is -1.12. The molecule has 0 heterocycles. The average molecular weight is 291 g/mol. The molecule has 0 fully saturated rings. The summed E-state index contributed by atoms with van der Waals surface area (Å²) in [6.45, 7) is 2.12. The molecule has 88 valence electrons. The molecule has 2 heteroatoms. The van der Waals surface area contributed by atoms with E-state index in [-0.39, 0.29) is 0 Å². The molecule has 2 aromatic rings.